The first-order valence-electron chi connectivity index (χ1n) is 9.25. The molecule has 0 fully saturated rings. The molecule has 0 aliphatic rings. The van der Waals surface area contributed by atoms with E-state index in [0.717, 1.165) is 11.3 Å². The predicted molar refractivity (Wildman–Crippen MR) is 121 cm³/mol. The Morgan fingerprint density at radius 3 is 2.43 bits per heavy atom. The van der Waals surface area contributed by atoms with Crippen LogP contribution in [0.15, 0.2) is 83.7 Å². The molecule has 5 nitrogen and oxygen atoms in total. The van der Waals surface area contributed by atoms with Crippen molar-refractivity contribution < 1.29 is 4.79 Å². The molecule has 0 unspecified atom stereocenters. The van der Waals surface area contributed by atoms with Crippen molar-refractivity contribution in [2.75, 3.05) is 5.32 Å². The predicted octanol–water partition coefficient (Wildman–Crippen LogP) is 3.31. The van der Waals surface area contributed by atoms with Gasteiger partial charge < -0.3 is 5.32 Å². The molecule has 2 N–H and O–H groups in total. The first kappa shape index (κ1) is 19.5. The molecule has 4 rings (SSSR count). The van der Waals surface area contributed by atoms with Crippen molar-refractivity contribution in [2.45, 2.75) is 0 Å². The fourth-order valence-corrected chi connectivity index (χ4v) is 3.26. The van der Waals surface area contributed by atoms with Gasteiger partial charge in [0.1, 0.15) is 0 Å². The Labute approximate surface area is 177 Å². The highest BCUT2D eigenvalue weighted by molar-refractivity contribution is 6.31. The number of benzene rings is 3. The van der Waals surface area contributed by atoms with Crippen molar-refractivity contribution in [3.63, 3.8) is 0 Å². The van der Waals surface area contributed by atoms with Gasteiger partial charge in [-0.2, -0.15) is 0 Å². The lowest BCUT2D eigenvalue weighted by Crippen LogP contribution is -2.33. The first-order valence-corrected chi connectivity index (χ1v) is 9.63. The number of amides is 1. The lowest BCUT2D eigenvalue weighted by Gasteiger charge is -2.06. The van der Waals surface area contributed by atoms with Crippen LogP contribution in [0.25, 0.3) is 18.3 Å². The highest BCUT2D eigenvalue weighted by Gasteiger charge is 2.07. The van der Waals surface area contributed by atoms with Crippen LogP contribution in [0.5, 0.6) is 0 Å². The van der Waals surface area contributed by atoms with E-state index in [2.05, 4.69) is 17.0 Å². The molecule has 0 saturated heterocycles. The normalized spacial score (nSPS) is 11.4. The number of aromatic amines is 1. The summed E-state index contributed by atoms with van der Waals surface area (Å²) in [5.41, 5.74) is 2.50. The minimum absolute atomic E-state index is 0.176. The lowest BCUT2D eigenvalue weighted by atomic mass is 10.1. The first-order chi connectivity index (χ1) is 14.5. The summed E-state index contributed by atoms with van der Waals surface area (Å²) in [6.45, 7) is 3.95. The van der Waals surface area contributed by atoms with Gasteiger partial charge in [-0.05, 0) is 54.1 Å². The molecule has 1 amide bonds. The van der Waals surface area contributed by atoms with Gasteiger partial charge in [-0.15, -0.1) is 0 Å². The van der Waals surface area contributed by atoms with Crippen LogP contribution in [0.3, 0.4) is 0 Å². The van der Waals surface area contributed by atoms with Crippen LogP contribution in [0, 0.1) is 0 Å². The third-order valence-corrected chi connectivity index (χ3v) is 4.82. The molecule has 1 aromatic heterocycles. The third-order valence-electron chi connectivity index (χ3n) is 4.59. The third kappa shape index (κ3) is 4.11. The van der Waals surface area contributed by atoms with Gasteiger partial charge in [0, 0.05) is 16.3 Å². The van der Waals surface area contributed by atoms with Gasteiger partial charge in [0.2, 0.25) is 0 Å². The highest BCUT2D eigenvalue weighted by Crippen LogP contribution is 2.14. The minimum atomic E-state index is -0.245. The van der Waals surface area contributed by atoms with Crippen LogP contribution in [0.4, 0.5) is 5.69 Å². The summed E-state index contributed by atoms with van der Waals surface area (Å²) in [4.78, 5) is 25.1. The molecule has 4 aromatic rings. The van der Waals surface area contributed by atoms with Crippen LogP contribution in [0.1, 0.15) is 15.9 Å². The molecule has 1 heterocycles. The average Bonchev–Trinajstić information content (AvgIpc) is 3.04. The van der Waals surface area contributed by atoms with Gasteiger partial charge in [-0.1, -0.05) is 54.6 Å². The monoisotopic (exact) mass is 415 g/mol. The number of rotatable bonds is 4. The molecule has 148 valence electrons. The van der Waals surface area contributed by atoms with Crippen molar-refractivity contribution in [3.05, 3.63) is 116 Å². The van der Waals surface area contributed by atoms with E-state index in [9.17, 15) is 9.59 Å². The van der Waals surface area contributed by atoms with Crippen molar-refractivity contribution >= 4 is 35.9 Å². The van der Waals surface area contributed by atoms with Gasteiger partial charge in [0.25, 0.3) is 11.5 Å². The summed E-state index contributed by atoms with van der Waals surface area (Å²) in [7, 11) is 0. The summed E-state index contributed by atoms with van der Waals surface area (Å²) in [5.74, 6) is -0.245. The molecule has 0 aliphatic carbocycles. The summed E-state index contributed by atoms with van der Waals surface area (Å²) in [5, 5.41) is 7.35. The Bertz CT molecular complexity index is 1370. The summed E-state index contributed by atoms with van der Waals surface area (Å²) >= 11 is 5.94. The molecule has 0 aliphatic heterocycles. The topological polar surface area (TPSA) is 66.9 Å². The number of H-pyrrole nitrogens is 1. The maximum Gasteiger partial charge on any atom is 0.279 e. The van der Waals surface area contributed by atoms with Gasteiger partial charge in [-0.3, -0.25) is 14.7 Å². The quantitative estimate of drug-likeness (QED) is 0.537. The van der Waals surface area contributed by atoms with E-state index in [4.69, 9.17) is 11.6 Å². The zero-order valence-corrected chi connectivity index (χ0v) is 16.7. The average molecular weight is 416 g/mol. The van der Waals surface area contributed by atoms with Crippen LogP contribution >= 0.6 is 11.6 Å². The van der Waals surface area contributed by atoms with Crippen molar-refractivity contribution in [1.82, 2.24) is 9.78 Å². The van der Waals surface area contributed by atoms with Crippen molar-refractivity contribution in [3.8, 4) is 5.69 Å². The van der Waals surface area contributed by atoms with E-state index >= 15 is 0 Å². The number of para-hydroxylation sites is 1. The molecule has 3 aromatic carbocycles. The number of hydrogen-bond donors (Lipinski definition) is 2. The second-order valence-corrected chi connectivity index (χ2v) is 7.15. The van der Waals surface area contributed by atoms with Crippen molar-refractivity contribution in [2.24, 2.45) is 0 Å². The zero-order chi connectivity index (χ0) is 21.1. The Morgan fingerprint density at radius 2 is 1.73 bits per heavy atom. The van der Waals surface area contributed by atoms with Crippen LogP contribution in [0.2, 0.25) is 5.02 Å². The maximum atomic E-state index is 12.8. The molecular formula is C24H18ClN3O2. The van der Waals surface area contributed by atoms with Gasteiger partial charge in [0.05, 0.1) is 16.3 Å². The Hall–Kier alpha value is -3.83. The number of aromatic nitrogens is 2. The summed E-state index contributed by atoms with van der Waals surface area (Å²) in [6.07, 6.45) is 1.77. The fourth-order valence-electron chi connectivity index (χ4n) is 3.07. The molecule has 6 heteroatoms. The van der Waals surface area contributed by atoms with E-state index in [0.29, 0.717) is 26.8 Å². The number of halogens is 1. The van der Waals surface area contributed by atoms with Crippen LogP contribution in [-0.2, 0) is 0 Å². The molecule has 0 spiro atoms. The second kappa shape index (κ2) is 8.27. The largest absolute Gasteiger partial charge is 0.322 e. The van der Waals surface area contributed by atoms with Crippen LogP contribution in [-0.4, -0.2) is 15.7 Å². The Morgan fingerprint density at radius 1 is 1.00 bits per heavy atom. The molecule has 0 bridgehead atoms. The summed E-state index contributed by atoms with van der Waals surface area (Å²) in [6, 6.07) is 23.3. The number of carbonyl (C=O) groups is 1. The van der Waals surface area contributed by atoms with E-state index in [1.54, 1.807) is 42.5 Å². The van der Waals surface area contributed by atoms with E-state index in [1.807, 2.05) is 42.5 Å². The number of carbonyl (C=O) groups excluding carboxylic acids is 1. The van der Waals surface area contributed by atoms with Gasteiger partial charge >= 0.3 is 0 Å². The molecular weight excluding hydrogens is 398 g/mol. The van der Waals surface area contributed by atoms with E-state index in [-0.39, 0.29) is 11.5 Å². The van der Waals surface area contributed by atoms with E-state index < -0.39 is 0 Å². The van der Waals surface area contributed by atoms with Gasteiger partial charge in [-0.25, -0.2) is 4.68 Å². The van der Waals surface area contributed by atoms with Gasteiger partial charge in [0.15, 0.2) is 0 Å². The number of anilines is 1. The standard InChI is InChI=1S/C24H18ClN3O2/c1-16-22(24(30)28(27-16)21-8-3-2-4-9-21)14-17-10-12-20(13-11-17)26-23(29)18-6-5-7-19(25)15-18/h2-15,27H,1H2,(H,26,29)/b22-14-. The fraction of sp³-hybridized carbons (Fsp3) is 0. The summed E-state index contributed by atoms with van der Waals surface area (Å²) < 4.78 is 1.47. The zero-order valence-electron chi connectivity index (χ0n) is 15.9. The molecule has 0 atom stereocenters. The number of nitrogens with one attached hydrogen (secondary N) is 2. The van der Waals surface area contributed by atoms with Crippen molar-refractivity contribution in [1.29, 1.82) is 0 Å². The second-order valence-electron chi connectivity index (χ2n) is 6.71. The Balaban J connectivity index is 1.59. The molecule has 30 heavy (non-hydrogen) atoms. The lowest BCUT2D eigenvalue weighted by molar-refractivity contribution is 0.102. The highest BCUT2D eigenvalue weighted by atomic mass is 35.5. The smallest absolute Gasteiger partial charge is 0.279 e. The molecule has 0 radical (unpaired) electrons. The molecule has 0 saturated carbocycles. The minimum Gasteiger partial charge on any atom is -0.322 e. The number of hydrogen-bond acceptors (Lipinski definition) is 2. The maximum absolute atomic E-state index is 12.8. The Kier molecular flexibility index (Phi) is 5.37. The van der Waals surface area contributed by atoms with E-state index in [1.165, 1.54) is 4.68 Å². The SMILES string of the molecule is C=c1[nH]n(-c2ccccc2)c(=O)/c1=C\c1ccc(NC(=O)c2cccc(Cl)c2)cc1. The number of nitrogens with zero attached hydrogens (tertiary/aromatic N) is 1. The van der Waals surface area contributed by atoms with Crippen LogP contribution < -0.4 is 21.4 Å².